The van der Waals surface area contributed by atoms with E-state index in [1.807, 2.05) is 171 Å². The van der Waals surface area contributed by atoms with Crippen LogP contribution in [0.4, 0.5) is 0 Å². The maximum atomic E-state index is 11.8. The van der Waals surface area contributed by atoms with Crippen LogP contribution in [0.15, 0.2) is 187 Å². The number of aromatic nitrogens is 2. The van der Waals surface area contributed by atoms with Crippen LogP contribution in [0, 0.1) is 6.92 Å². The van der Waals surface area contributed by atoms with E-state index in [-0.39, 0.29) is 95.1 Å². The predicted molar refractivity (Wildman–Crippen MR) is 357 cm³/mol. The summed E-state index contributed by atoms with van der Waals surface area (Å²) in [4.78, 5) is 87.5. The first-order valence-electron chi connectivity index (χ1n) is 29.7. The molecule has 0 saturated heterocycles. The van der Waals surface area contributed by atoms with Crippen LogP contribution in [0.2, 0.25) is 0 Å². The molecule has 90 heavy (non-hydrogen) atoms. The molecule has 9 N–H and O–H groups in total. The Hall–Kier alpha value is -10.2. The molecule has 0 bridgehead atoms. The maximum Gasteiger partial charge on any atom is 0.287 e. The summed E-state index contributed by atoms with van der Waals surface area (Å²) in [5, 5.41) is 40.4. The van der Waals surface area contributed by atoms with Gasteiger partial charge in [0.1, 0.15) is 11.5 Å². The van der Waals surface area contributed by atoms with Crippen LogP contribution in [0.25, 0.3) is 10.8 Å². The van der Waals surface area contributed by atoms with E-state index in [0.29, 0.717) is 33.6 Å². The molecular weight excluding hydrogens is 1140 g/mol. The average molecular weight is 1230 g/mol. The largest absolute Gasteiger partial charge is 0.507 e. The molecule has 0 unspecified atom stereocenters. The van der Waals surface area contributed by atoms with E-state index in [0.717, 1.165) is 16.3 Å². The lowest BCUT2D eigenvalue weighted by Crippen LogP contribution is -2.30. The zero-order valence-corrected chi connectivity index (χ0v) is 54.4. The fraction of sp³-hybridized carbons (Fsp3) is 0.310. The fourth-order valence-corrected chi connectivity index (χ4v) is 7.17. The van der Waals surface area contributed by atoms with Crippen molar-refractivity contribution in [2.45, 2.75) is 146 Å². The van der Waals surface area contributed by atoms with Crippen molar-refractivity contribution in [1.82, 2.24) is 47.2 Å². The van der Waals surface area contributed by atoms with E-state index in [1.54, 1.807) is 104 Å². The van der Waals surface area contributed by atoms with Crippen molar-refractivity contribution in [1.29, 1.82) is 0 Å². The van der Waals surface area contributed by atoms with Crippen molar-refractivity contribution in [2.24, 2.45) is 0 Å². The number of carbonyl (C=O) groups excluding carboxylic acids is 7. The Morgan fingerprint density at radius 3 is 1.18 bits per heavy atom. The number of rotatable bonds is 14. The van der Waals surface area contributed by atoms with Crippen LogP contribution >= 0.6 is 0 Å². The van der Waals surface area contributed by atoms with E-state index in [4.69, 9.17) is 4.42 Å². The predicted octanol–water partition coefficient (Wildman–Crippen LogP) is 12.0. The van der Waals surface area contributed by atoms with Gasteiger partial charge in [0.15, 0.2) is 5.76 Å². The van der Waals surface area contributed by atoms with Crippen LogP contribution in [0.5, 0.6) is 11.5 Å². The lowest BCUT2D eigenvalue weighted by atomic mass is 10.1. The van der Waals surface area contributed by atoms with Crippen molar-refractivity contribution >= 4 is 52.1 Å². The third kappa shape index (κ3) is 31.5. The molecule has 0 radical (unpaired) electrons. The summed E-state index contributed by atoms with van der Waals surface area (Å²) in [7, 11) is 0. The zero-order chi connectivity index (χ0) is 67.3. The highest BCUT2D eigenvalue weighted by Crippen LogP contribution is 2.25. The minimum atomic E-state index is -0.247. The number of phenolic OH excluding ortho intramolecular Hbond substituents is 2. The van der Waals surface area contributed by atoms with Gasteiger partial charge in [0.2, 0.25) is 0 Å². The van der Waals surface area contributed by atoms with Gasteiger partial charge in [-0.3, -0.25) is 43.5 Å². The van der Waals surface area contributed by atoms with Crippen molar-refractivity contribution in [3.05, 3.63) is 227 Å². The topological polar surface area (TPSA) is 283 Å². The van der Waals surface area contributed by atoms with Crippen molar-refractivity contribution in [3.8, 4) is 11.5 Å². The van der Waals surface area contributed by atoms with Crippen LogP contribution < -0.4 is 37.2 Å². The number of hydrogen-bond acceptors (Lipinski definition) is 12. The van der Waals surface area contributed by atoms with Gasteiger partial charge < -0.3 is 51.8 Å². The number of phenols is 2. The van der Waals surface area contributed by atoms with E-state index in [9.17, 15) is 43.8 Å². The number of aromatic hydroxyl groups is 2. The van der Waals surface area contributed by atoms with Gasteiger partial charge >= 0.3 is 0 Å². The van der Waals surface area contributed by atoms with E-state index < -0.39 is 0 Å². The van der Waals surface area contributed by atoms with Gasteiger partial charge in [0, 0.05) is 83.8 Å². The molecular formula is C71H91N9O10. The normalized spacial score (nSPS) is 10.2. The van der Waals surface area contributed by atoms with E-state index in [2.05, 4.69) is 47.2 Å². The quantitative estimate of drug-likeness (QED) is 0.0491. The van der Waals surface area contributed by atoms with Gasteiger partial charge in [-0.15, -0.1) is 0 Å². The number of carbonyl (C=O) groups is 7. The van der Waals surface area contributed by atoms with Gasteiger partial charge in [0.25, 0.3) is 41.4 Å². The van der Waals surface area contributed by atoms with Crippen molar-refractivity contribution < 1.29 is 48.2 Å². The Labute approximate surface area is 530 Å². The minimum Gasteiger partial charge on any atom is -0.507 e. The molecule has 0 atom stereocenters. The second-order valence-corrected chi connectivity index (χ2v) is 22.3. The minimum absolute atomic E-state index is 0.00463. The highest BCUT2D eigenvalue weighted by Gasteiger charge is 2.14. The third-order valence-corrected chi connectivity index (χ3v) is 11.2. The standard InChI is InChI=1S/C14H15NO2.C11H15NO.C10H13NO2.C10H13NO.2C9H12N2O.C8H11NO2/c1-9(2)15-14(17)12-7-10-5-3-4-6-11(10)8-13(12)16;1-8(2)12-11(13)10-6-4-9(3)5-7-10;1-7(2)11-10(13)8-5-3-4-6-9(8)12;1-8(2)11-10(12)9-6-4-3-5-7-9;1-7(2)11-9(12)8-3-5-10-6-4-8;1-7(2)11-9(12)8-4-3-5-10-6-8;1-6(2)9-8(10)7-4-3-5-11-7/h3-9,16H,1-2H3,(H,15,17);4-8H,1-3H3,(H,12,13);3-7,12H,1-2H3,(H,11,13);3-8H,1-2H3,(H,11,12);2*3-7H,1-2H3,(H,11,12);3-6H,1-2H3,(H,9,10). The summed E-state index contributed by atoms with van der Waals surface area (Å²) < 4.78 is 4.88. The van der Waals surface area contributed by atoms with Crippen LogP contribution in [0.1, 0.15) is 175 Å². The molecule has 19 heteroatoms. The molecule has 480 valence electrons. The van der Waals surface area contributed by atoms with Crippen molar-refractivity contribution in [3.63, 3.8) is 0 Å². The summed E-state index contributed by atoms with van der Waals surface area (Å²) in [5.41, 5.74) is 4.49. The number of para-hydroxylation sites is 1. The van der Waals surface area contributed by atoms with Crippen LogP contribution in [-0.2, 0) is 0 Å². The second kappa shape index (κ2) is 41.1. The van der Waals surface area contributed by atoms with E-state index in [1.165, 1.54) is 17.9 Å². The highest BCUT2D eigenvalue weighted by atomic mass is 16.3. The smallest absolute Gasteiger partial charge is 0.287 e. The number of pyridine rings is 2. The molecule has 0 aliphatic heterocycles. The molecule has 3 heterocycles. The Bertz CT molecular complexity index is 3270. The third-order valence-electron chi connectivity index (χ3n) is 11.2. The Morgan fingerprint density at radius 2 is 0.733 bits per heavy atom. The van der Waals surface area contributed by atoms with Gasteiger partial charge in [-0.05, 0) is 200 Å². The Kier molecular flexibility index (Phi) is 34.6. The lowest BCUT2D eigenvalue weighted by molar-refractivity contribution is 0.0909. The highest BCUT2D eigenvalue weighted by molar-refractivity contribution is 6.02. The summed E-state index contributed by atoms with van der Waals surface area (Å²) in [6, 6.07) is 45.4. The zero-order valence-electron chi connectivity index (χ0n) is 54.4. The number of fused-ring (bicyclic) bond motifs is 1. The van der Waals surface area contributed by atoms with Gasteiger partial charge in [-0.1, -0.05) is 72.3 Å². The Morgan fingerprint density at radius 1 is 0.344 bits per heavy atom. The molecule has 0 fully saturated rings. The van der Waals surface area contributed by atoms with E-state index >= 15 is 0 Å². The van der Waals surface area contributed by atoms with Crippen molar-refractivity contribution in [2.75, 3.05) is 0 Å². The summed E-state index contributed by atoms with van der Waals surface area (Å²) >= 11 is 0. The maximum absolute atomic E-state index is 11.8. The molecule has 0 aliphatic carbocycles. The molecule has 5 aromatic carbocycles. The summed E-state index contributed by atoms with van der Waals surface area (Å²) in [6.45, 7) is 28.8. The van der Waals surface area contributed by atoms with Crippen LogP contribution in [-0.4, -0.2) is 104 Å². The average Bonchev–Trinajstić information content (AvgIpc) is 3.13. The SMILES string of the molecule is CC(C)NC(=O)c1cc2ccccc2cc1O.CC(C)NC(=O)c1ccccc1.CC(C)NC(=O)c1ccccc1O.CC(C)NC(=O)c1cccnc1.CC(C)NC(=O)c1ccco1.CC(C)NC(=O)c1ccncc1.Cc1ccc(C(=O)NC(C)C)cc1. The molecule has 7 amide bonds. The fourth-order valence-electron chi connectivity index (χ4n) is 7.17. The number of benzene rings is 5. The number of furan rings is 1. The number of hydrogen-bond donors (Lipinski definition) is 9. The molecule has 0 aliphatic rings. The van der Waals surface area contributed by atoms with Crippen LogP contribution in [0.3, 0.4) is 0 Å². The number of nitrogens with zero attached hydrogens (tertiary/aromatic N) is 2. The Balaban J connectivity index is 0.000000359. The molecule has 3 aromatic heterocycles. The number of aryl methyl sites for hydroxylation is 1. The van der Waals surface area contributed by atoms with Gasteiger partial charge in [0.05, 0.1) is 23.0 Å². The number of amides is 7. The molecule has 8 rings (SSSR count). The molecule has 8 aromatic rings. The summed E-state index contributed by atoms with van der Waals surface area (Å²) in [6.07, 6.45) is 7.89. The lowest BCUT2D eigenvalue weighted by Gasteiger charge is -2.10. The summed E-state index contributed by atoms with van der Waals surface area (Å²) in [5.74, 6) is -0.395. The number of nitrogens with one attached hydrogen (secondary N) is 7. The first-order chi connectivity index (χ1) is 42.6. The van der Waals surface area contributed by atoms with Gasteiger partial charge in [-0.25, -0.2) is 0 Å². The molecule has 0 spiro atoms. The molecule has 0 saturated carbocycles. The monoisotopic (exact) mass is 1230 g/mol. The molecule has 19 nitrogen and oxygen atoms in total. The first-order valence-corrected chi connectivity index (χ1v) is 29.7. The first kappa shape index (κ1) is 75.9. The second-order valence-electron chi connectivity index (χ2n) is 22.3. The van der Waals surface area contributed by atoms with Gasteiger partial charge in [-0.2, -0.15) is 0 Å².